The average Bonchev–Trinajstić information content (AvgIpc) is 2.58. The molecular weight excluding hydrogens is 303 g/mol. The van der Waals surface area contributed by atoms with Crippen LogP contribution in [0.25, 0.3) is 0 Å². The summed E-state index contributed by atoms with van der Waals surface area (Å²) in [6.45, 7) is -0.0824. The number of esters is 1. The molecule has 2 aromatic carbocycles. The molecule has 0 amide bonds. The molecule has 0 saturated heterocycles. The van der Waals surface area contributed by atoms with Crippen LogP contribution in [0.2, 0.25) is 0 Å². The minimum Gasteiger partial charge on any atom is -0.496 e. The van der Waals surface area contributed by atoms with Gasteiger partial charge in [0.2, 0.25) is 0 Å². The van der Waals surface area contributed by atoms with Crippen molar-refractivity contribution in [2.24, 2.45) is 0 Å². The van der Waals surface area contributed by atoms with Gasteiger partial charge in [0.15, 0.2) is 11.6 Å². The molecule has 0 aliphatic heterocycles. The summed E-state index contributed by atoms with van der Waals surface area (Å²) in [5.74, 6) is -0.316. The number of carbonyl (C=O) groups is 1. The van der Waals surface area contributed by atoms with E-state index in [-0.39, 0.29) is 17.9 Å². The maximum absolute atomic E-state index is 13.6. The van der Waals surface area contributed by atoms with E-state index in [1.807, 2.05) is 0 Å². The van der Waals surface area contributed by atoms with Crippen LogP contribution < -0.4 is 14.2 Å². The summed E-state index contributed by atoms with van der Waals surface area (Å²) in [4.78, 5) is 12.3. The Hall–Kier alpha value is -2.76. The van der Waals surface area contributed by atoms with E-state index in [1.54, 1.807) is 24.3 Å². The Morgan fingerprint density at radius 3 is 2.09 bits per heavy atom. The monoisotopic (exact) mass is 320 g/mol. The van der Waals surface area contributed by atoms with Gasteiger partial charge in [-0.3, -0.25) is 0 Å². The first-order chi connectivity index (χ1) is 11.1. The molecular formula is C17H17FO5. The Kier molecular flexibility index (Phi) is 5.41. The number of halogens is 1. The van der Waals surface area contributed by atoms with Crippen molar-refractivity contribution in [3.8, 4) is 17.2 Å². The molecule has 0 unspecified atom stereocenters. The van der Waals surface area contributed by atoms with Gasteiger partial charge < -0.3 is 18.9 Å². The second-order valence-corrected chi connectivity index (χ2v) is 4.58. The van der Waals surface area contributed by atoms with Crippen LogP contribution in [0.5, 0.6) is 17.2 Å². The summed E-state index contributed by atoms with van der Waals surface area (Å²) >= 11 is 0. The van der Waals surface area contributed by atoms with Crippen molar-refractivity contribution in [3.05, 3.63) is 53.3 Å². The molecule has 2 aromatic rings. The highest BCUT2D eigenvalue weighted by molar-refractivity contribution is 5.95. The molecule has 0 aliphatic carbocycles. The third kappa shape index (κ3) is 3.71. The van der Waals surface area contributed by atoms with Crippen LogP contribution in [-0.4, -0.2) is 27.3 Å². The zero-order valence-corrected chi connectivity index (χ0v) is 13.1. The maximum Gasteiger partial charge on any atom is 0.346 e. The van der Waals surface area contributed by atoms with Crippen molar-refractivity contribution < 1.29 is 28.1 Å². The highest BCUT2D eigenvalue weighted by Crippen LogP contribution is 2.29. The summed E-state index contributed by atoms with van der Waals surface area (Å²) in [5.41, 5.74) is 0.692. The predicted octanol–water partition coefficient (Wildman–Crippen LogP) is 3.21. The topological polar surface area (TPSA) is 54.0 Å². The van der Waals surface area contributed by atoms with Crippen LogP contribution in [0.15, 0.2) is 36.4 Å². The zero-order valence-electron chi connectivity index (χ0n) is 13.1. The zero-order chi connectivity index (χ0) is 16.8. The Bertz CT molecular complexity index is 677. The molecule has 2 rings (SSSR count). The van der Waals surface area contributed by atoms with E-state index in [2.05, 4.69) is 0 Å². The number of benzene rings is 2. The Balaban J connectivity index is 2.15. The lowest BCUT2D eigenvalue weighted by Gasteiger charge is -2.12. The lowest BCUT2D eigenvalue weighted by molar-refractivity contribution is 0.0465. The first kappa shape index (κ1) is 16.6. The standard InChI is InChI=1S/C17H17FO5/c1-20-13-8-7-11(9-12(13)18)10-23-17(19)16-14(21-2)5-4-6-15(16)22-3/h4-9H,10H2,1-3H3. The molecule has 23 heavy (non-hydrogen) atoms. The summed E-state index contributed by atoms with van der Waals surface area (Å²) in [5, 5.41) is 0. The molecule has 0 heterocycles. The number of hydrogen-bond donors (Lipinski definition) is 0. The minimum absolute atomic E-state index is 0.0824. The van der Waals surface area contributed by atoms with Crippen molar-refractivity contribution >= 4 is 5.97 Å². The third-order valence-corrected chi connectivity index (χ3v) is 3.22. The van der Waals surface area contributed by atoms with Crippen LogP contribution in [0.1, 0.15) is 15.9 Å². The summed E-state index contributed by atoms with van der Waals surface area (Å²) < 4.78 is 34.0. The lowest BCUT2D eigenvalue weighted by Crippen LogP contribution is -2.09. The highest BCUT2D eigenvalue weighted by Gasteiger charge is 2.19. The molecule has 0 atom stereocenters. The van der Waals surface area contributed by atoms with E-state index >= 15 is 0 Å². The van der Waals surface area contributed by atoms with E-state index in [4.69, 9.17) is 18.9 Å². The second-order valence-electron chi connectivity index (χ2n) is 4.58. The maximum atomic E-state index is 13.6. The quantitative estimate of drug-likeness (QED) is 0.765. The molecule has 122 valence electrons. The van der Waals surface area contributed by atoms with Crippen LogP contribution in [0.3, 0.4) is 0 Å². The molecule has 0 fully saturated rings. The first-order valence-electron chi connectivity index (χ1n) is 6.81. The van der Waals surface area contributed by atoms with E-state index in [0.29, 0.717) is 17.1 Å². The van der Waals surface area contributed by atoms with Crippen molar-refractivity contribution in [2.75, 3.05) is 21.3 Å². The molecule has 0 N–H and O–H groups in total. The van der Waals surface area contributed by atoms with Gasteiger partial charge in [-0.1, -0.05) is 12.1 Å². The molecule has 5 nitrogen and oxygen atoms in total. The third-order valence-electron chi connectivity index (χ3n) is 3.22. The number of ether oxygens (including phenoxy) is 4. The fraction of sp³-hybridized carbons (Fsp3) is 0.235. The summed E-state index contributed by atoms with van der Waals surface area (Å²) in [7, 11) is 4.28. The van der Waals surface area contributed by atoms with E-state index in [0.717, 1.165) is 0 Å². The van der Waals surface area contributed by atoms with Crippen molar-refractivity contribution in [1.82, 2.24) is 0 Å². The van der Waals surface area contributed by atoms with Gasteiger partial charge in [-0.25, -0.2) is 9.18 Å². The Morgan fingerprint density at radius 2 is 1.57 bits per heavy atom. The molecule has 6 heteroatoms. The van der Waals surface area contributed by atoms with Crippen molar-refractivity contribution in [1.29, 1.82) is 0 Å². The van der Waals surface area contributed by atoms with Crippen molar-refractivity contribution in [2.45, 2.75) is 6.61 Å². The van der Waals surface area contributed by atoms with E-state index < -0.39 is 11.8 Å². The SMILES string of the molecule is COc1ccc(COC(=O)c2c(OC)cccc2OC)cc1F. The molecule has 0 bridgehead atoms. The van der Waals surface area contributed by atoms with E-state index in [9.17, 15) is 9.18 Å². The van der Waals surface area contributed by atoms with Gasteiger partial charge in [-0.2, -0.15) is 0 Å². The largest absolute Gasteiger partial charge is 0.496 e. The predicted molar refractivity (Wildman–Crippen MR) is 81.6 cm³/mol. The molecule has 0 saturated carbocycles. The van der Waals surface area contributed by atoms with Gasteiger partial charge in [-0.05, 0) is 29.8 Å². The van der Waals surface area contributed by atoms with E-state index in [1.165, 1.54) is 33.5 Å². The summed E-state index contributed by atoms with van der Waals surface area (Å²) in [6.07, 6.45) is 0. The average molecular weight is 320 g/mol. The van der Waals surface area contributed by atoms with Crippen LogP contribution in [-0.2, 0) is 11.3 Å². The second kappa shape index (κ2) is 7.49. The number of carbonyl (C=O) groups excluding carboxylic acids is 1. The number of rotatable bonds is 6. The van der Waals surface area contributed by atoms with Crippen LogP contribution in [0, 0.1) is 5.82 Å². The smallest absolute Gasteiger partial charge is 0.346 e. The summed E-state index contributed by atoms with van der Waals surface area (Å²) in [6, 6.07) is 9.31. The Labute approximate surface area is 133 Å². The van der Waals surface area contributed by atoms with Gasteiger partial charge >= 0.3 is 5.97 Å². The molecule has 0 aromatic heterocycles. The number of methoxy groups -OCH3 is 3. The van der Waals surface area contributed by atoms with Gasteiger partial charge in [-0.15, -0.1) is 0 Å². The normalized spacial score (nSPS) is 10.1. The molecule has 0 radical (unpaired) electrons. The lowest BCUT2D eigenvalue weighted by atomic mass is 10.1. The Morgan fingerprint density at radius 1 is 0.957 bits per heavy atom. The fourth-order valence-electron chi connectivity index (χ4n) is 2.07. The van der Waals surface area contributed by atoms with Crippen LogP contribution >= 0.6 is 0 Å². The van der Waals surface area contributed by atoms with Gasteiger partial charge in [0, 0.05) is 0 Å². The highest BCUT2D eigenvalue weighted by atomic mass is 19.1. The minimum atomic E-state index is -0.615. The van der Waals surface area contributed by atoms with Crippen LogP contribution in [0.4, 0.5) is 4.39 Å². The fourth-order valence-corrected chi connectivity index (χ4v) is 2.07. The van der Waals surface area contributed by atoms with Gasteiger partial charge in [0.05, 0.1) is 21.3 Å². The molecule has 0 spiro atoms. The van der Waals surface area contributed by atoms with Gasteiger partial charge in [0.25, 0.3) is 0 Å². The number of hydrogen-bond acceptors (Lipinski definition) is 5. The first-order valence-corrected chi connectivity index (χ1v) is 6.81. The molecule has 0 aliphatic rings. The van der Waals surface area contributed by atoms with Crippen molar-refractivity contribution in [3.63, 3.8) is 0 Å². The van der Waals surface area contributed by atoms with Gasteiger partial charge in [0.1, 0.15) is 23.7 Å².